The molecule has 0 atom stereocenters. The number of para-hydroxylation sites is 3. The van der Waals surface area contributed by atoms with Crippen molar-refractivity contribution >= 4 is 117 Å². The van der Waals surface area contributed by atoms with E-state index in [0.717, 1.165) is 50.0 Å². The summed E-state index contributed by atoms with van der Waals surface area (Å²) in [6.07, 6.45) is 0. The Bertz CT molecular complexity index is 5090. The van der Waals surface area contributed by atoms with Crippen molar-refractivity contribution in [2.75, 3.05) is 4.90 Å². The molecule has 5 heteroatoms. The van der Waals surface area contributed by atoms with Crippen LogP contribution in [0.15, 0.2) is 259 Å². The van der Waals surface area contributed by atoms with E-state index in [4.69, 9.17) is 4.42 Å². The lowest BCUT2D eigenvalue weighted by Crippen LogP contribution is -2.57. The van der Waals surface area contributed by atoms with Gasteiger partial charge in [0.15, 0.2) is 0 Å². The van der Waals surface area contributed by atoms with Crippen molar-refractivity contribution in [2.45, 2.75) is 0 Å². The van der Waals surface area contributed by atoms with Gasteiger partial charge in [0.1, 0.15) is 11.2 Å². The fraction of sp³-hybridized carbons (Fsp3) is 0. The fourth-order valence-electron chi connectivity index (χ4n) is 14.0. The zero-order chi connectivity index (χ0) is 50.0. The van der Waals surface area contributed by atoms with Gasteiger partial charge in [-0.25, -0.2) is 0 Å². The average molecular weight is 976 g/mol. The van der Waals surface area contributed by atoms with Gasteiger partial charge in [0, 0.05) is 82.3 Å². The van der Waals surface area contributed by atoms with Gasteiger partial charge in [-0.3, -0.25) is 0 Å². The highest BCUT2D eigenvalue weighted by Gasteiger charge is 2.47. The predicted octanol–water partition coefficient (Wildman–Crippen LogP) is 17.9. The molecule has 0 N–H and O–H groups in total. The van der Waals surface area contributed by atoms with E-state index in [1.807, 2.05) is 0 Å². The molecule has 2 aliphatic heterocycles. The molecule has 4 nitrogen and oxygen atoms in total. The van der Waals surface area contributed by atoms with Crippen molar-refractivity contribution in [3.05, 3.63) is 255 Å². The number of benzene rings is 12. The number of hydrogen-bond donors (Lipinski definition) is 0. The topological polar surface area (TPSA) is 25.7 Å². The molecule has 0 spiro atoms. The van der Waals surface area contributed by atoms with E-state index in [1.165, 1.54) is 115 Å². The van der Waals surface area contributed by atoms with Crippen molar-refractivity contribution in [3.8, 4) is 55.6 Å². The Balaban J connectivity index is 1.08. The molecule has 18 rings (SSSR count). The van der Waals surface area contributed by atoms with Gasteiger partial charge < -0.3 is 18.2 Å². The van der Waals surface area contributed by atoms with E-state index in [-0.39, 0.29) is 6.85 Å². The van der Waals surface area contributed by atoms with Gasteiger partial charge in [-0.1, -0.05) is 182 Å². The molecule has 0 saturated heterocycles. The van der Waals surface area contributed by atoms with Crippen molar-refractivity contribution in [1.82, 2.24) is 8.88 Å². The first-order chi connectivity index (χ1) is 38.2. The van der Waals surface area contributed by atoms with Crippen LogP contribution in [-0.2, 0) is 0 Å². The first-order valence-electron chi connectivity index (χ1n) is 26.7. The van der Waals surface area contributed by atoms with Crippen molar-refractivity contribution in [1.29, 1.82) is 0 Å². The van der Waals surface area contributed by atoms with E-state index in [0.29, 0.717) is 0 Å². The zero-order valence-corrected chi connectivity index (χ0v) is 41.6. The van der Waals surface area contributed by atoms with Gasteiger partial charge >= 0.3 is 6.85 Å². The highest BCUT2D eigenvalue weighted by Crippen LogP contribution is 2.53. The van der Waals surface area contributed by atoms with Crippen LogP contribution in [0.5, 0.6) is 0 Å². The minimum Gasteiger partial charge on any atom is -0.455 e. The molecule has 2 aliphatic rings. The molecular weight excluding hydrogens is 934 g/mol. The summed E-state index contributed by atoms with van der Waals surface area (Å²) in [5.41, 5.74) is 25.6. The maximum absolute atomic E-state index is 7.35. The van der Waals surface area contributed by atoms with Crippen LogP contribution in [0.3, 0.4) is 0 Å². The minimum absolute atomic E-state index is 0.260. The summed E-state index contributed by atoms with van der Waals surface area (Å²) < 4.78 is 12.6. The van der Waals surface area contributed by atoms with Gasteiger partial charge in [0.05, 0.1) is 16.6 Å². The quantitative estimate of drug-likeness (QED) is 0.161. The highest BCUT2D eigenvalue weighted by atomic mass is 16.3. The number of furan rings is 1. The van der Waals surface area contributed by atoms with Gasteiger partial charge in [-0.15, -0.1) is 0 Å². The first kappa shape index (κ1) is 41.3. The molecule has 0 aliphatic carbocycles. The van der Waals surface area contributed by atoms with Crippen LogP contribution in [0, 0.1) is 0 Å². The van der Waals surface area contributed by atoms with Crippen LogP contribution in [0.1, 0.15) is 0 Å². The van der Waals surface area contributed by atoms with Gasteiger partial charge in [-0.2, -0.15) is 0 Å². The zero-order valence-electron chi connectivity index (χ0n) is 41.6. The SMILES string of the molecule is c1ccc(-c2cc(-c3ccccc3)cc(N3c4cc5c(oc6ccccc65)c5c4B(c4c3cc3c6ccccc6n6c7ccccc7c4c36)n3c4ccc(-c6ccccc6)cc4c4cc(-c6ccccc6)cc-5c43)c2)cc1. The Kier molecular flexibility index (Phi) is 8.18. The maximum Gasteiger partial charge on any atom is 0.333 e. The standard InChI is InChI=1S/C72H42BN3O/c1-5-19-43(20-6-1)47-33-34-62-55(38-47)56-39-50(46-25-11-4-12-26-46)40-59-67-69-64(42-58-53-28-15-18-32-65(53)77-72(58)67)74(51-36-48(44-21-7-2-8-22-44)35-49(37-51)45-23-9-3-10-24-45)63-41-57-52-27-13-16-30-60(52)75-61-31-17-14-29-54(61)66(71(57)75)68(63)73(69)76(62)70(56)59/h1-42H. The summed E-state index contributed by atoms with van der Waals surface area (Å²) >= 11 is 0. The molecule has 0 bridgehead atoms. The number of nitrogens with zero attached hydrogens (tertiary/aromatic N) is 3. The molecule has 4 aromatic heterocycles. The molecule has 0 unspecified atom stereocenters. The second-order valence-corrected chi connectivity index (χ2v) is 21.1. The van der Waals surface area contributed by atoms with Crippen LogP contribution in [0.4, 0.5) is 17.1 Å². The normalized spacial score (nSPS) is 12.9. The van der Waals surface area contributed by atoms with E-state index >= 15 is 0 Å². The second kappa shape index (κ2) is 15.3. The maximum atomic E-state index is 7.35. The average Bonchev–Trinajstić information content (AvgIpc) is 4.39. The summed E-state index contributed by atoms with van der Waals surface area (Å²) in [5.74, 6) is 0. The summed E-state index contributed by atoms with van der Waals surface area (Å²) in [4.78, 5) is 2.64. The van der Waals surface area contributed by atoms with Crippen LogP contribution in [0.2, 0.25) is 0 Å². The molecule has 77 heavy (non-hydrogen) atoms. The van der Waals surface area contributed by atoms with E-state index in [9.17, 15) is 0 Å². The van der Waals surface area contributed by atoms with Gasteiger partial charge in [0.2, 0.25) is 0 Å². The summed E-state index contributed by atoms with van der Waals surface area (Å²) in [6, 6.07) is 94.6. The van der Waals surface area contributed by atoms with Crippen LogP contribution < -0.4 is 15.8 Å². The lowest BCUT2D eigenvalue weighted by molar-refractivity contribution is 0.670. The monoisotopic (exact) mass is 975 g/mol. The number of anilines is 3. The third kappa shape index (κ3) is 5.57. The Morgan fingerprint density at radius 1 is 0.325 bits per heavy atom. The Hall–Kier alpha value is -10.1. The van der Waals surface area contributed by atoms with Crippen LogP contribution in [-0.4, -0.2) is 15.7 Å². The Morgan fingerprint density at radius 3 is 1.52 bits per heavy atom. The third-order valence-electron chi connectivity index (χ3n) is 17.1. The highest BCUT2D eigenvalue weighted by molar-refractivity contribution is 6.92. The lowest BCUT2D eigenvalue weighted by Gasteiger charge is -2.41. The van der Waals surface area contributed by atoms with Gasteiger partial charge in [-0.05, 0) is 128 Å². The molecule has 354 valence electrons. The molecule has 12 aromatic carbocycles. The molecule has 0 radical (unpaired) electrons. The Labute approximate surface area is 443 Å². The molecule has 16 aromatic rings. The Morgan fingerprint density at radius 2 is 0.844 bits per heavy atom. The van der Waals surface area contributed by atoms with Crippen molar-refractivity contribution < 1.29 is 4.42 Å². The number of fused-ring (bicyclic) bond motifs is 18. The van der Waals surface area contributed by atoms with Crippen LogP contribution in [0.25, 0.3) is 137 Å². The predicted molar refractivity (Wildman–Crippen MR) is 324 cm³/mol. The molecule has 0 amide bonds. The number of aromatic nitrogens is 2. The molecule has 6 heterocycles. The summed E-state index contributed by atoms with van der Waals surface area (Å²) in [7, 11) is 0. The van der Waals surface area contributed by atoms with E-state index in [2.05, 4.69) is 269 Å². The molecule has 0 saturated carbocycles. The molecule has 0 fully saturated rings. The summed E-state index contributed by atoms with van der Waals surface area (Å²) in [5, 5.41) is 9.69. The lowest BCUT2D eigenvalue weighted by atomic mass is 9.44. The van der Waals surface area contributed by atoms with Crippen LogP contribution >= 0.6 is 0 Å². The van der Waals surface area contributed by atoms with E-state index in [1.54, 1.807) is 0 Å². The minimum atomic E-state index is -0.260. The summed E-state index contributed by atoms with van der Waals surface area (Å²) in [6.45, 7) is -0.260. The van der Waals surface area contributed by atoms with Gasteiger partial charge in [0.25, 0.3) is 0 Å². The van der Waals surface area contributed by atoms with Crippen molar-refractivity contribution in [3.63, 3.8) is 0 Å². The second-order valence-electron chi connectivity index (χ2n) is 21.1. The number of rotatable bonds is 5. The largest absolute Gasteiger partial charge is 0.455 e. The van der Waals surface area contributed by atoms with Crippen molar-refractivity contribution in [2.24, 2.45) is 0 Å². The molecular formula is C72H42BN3O. The first-order valence-corrected chi connectivity index (χ1v) is 26.7. The third-order valence-corrected chi connectivity index (χ3v) is 17.1. The van der Waals surface area contributed by atoms with E-state index < -0.39 is 0 Å². The smallest absolute Gasteiger partial charge is 0.333 e. The fourth-order valence-corrected chi connectivity index (χ4v) is 14.0. The number of hydrogen-bond acceptors (Lipinski definition) is 2.